The number of hydrogen-bond donors (Lipinski definition) is 0. The molecule has 0 radical (unpaired) electrons. The van der Waals surface area contributed by atoms with Crippen LogP contribution < -0.4 is 0 Å². The van der Waals surface area contributed by atoms with Crippen molar-refractivity contribution in [1.82, 2.24) is 14.5 Å². The van der Waals surface area contributed by atoms with Crippen LogP contribution in [0.25, 0.3) is 11.3 Å². The van der Waals surface area contributed by atoms with Crippen molar-refractivity contribution in [2.24, 2.45) is 5.92 Å². The summed E-state index contributed by atoms with van der Waals surface area (Å²) in [6, 6.07) is 5.93. The molecule has 1 atom stereocenters. The van der Waals surface area contributed by atoms with E-state index in [-0.39, 0.29) is 17.9 Å². The first-order valence-electron chi connectivity index (χ1n) is 9.60. The second-order valence-electron chi connectivity index (χ2n) is 8.10. The molecule has 6 heteroatoms. The lowest BCUT2D eigenvalue weighted by atomic mass is 9.76. The van der Waals surface area contributed by atoms with E-state index >= 15 is 4.39 Å². The Kier molecular flexibility index (Phi) is 4.75. The summed E-state index contributed by atoms with van der Waals surface area (Å²) in [5.41, 5.74) is 2.02. The van der Waals surface area contributed by atoms with E-state index in [9.17, 15) is 4.79 Å². The summed E-state index contributed by atoms with van der Waals surface area (Å²) in [6.07, 6.45) is 6.99. The molecule has 1 aromatic heterocycles. The number of halogens is 2. The molecule has 4 nitrogen and oxygen atoms in total. The van der Waals surface area contributed by atoms with Crippen LogP contribution in [0.5, 0.6) is 0 Å². The predicted molar refractivity (Wildman–Crippen MR) is 105 cm³/mol. The minimum Gasteiger partial charge on any atom is -0.349 e. The van der Waals surface area contributed by atoms with Crippen LogP contribution in [-0.2, 0) is 4.79 Å². The Morgan fingerprint density at radius 1 is 1.37 bits per heavy atom. The molecule has 4 rings (SSSR count). The number of benzene rings is 1. The number of amides is 1. The molecule has 0 N–H and O–H groups in total. The predicted octanol–water partition coefficient (Wildman–Crippen LogP) is 4.87. The number of carbonyl (C=O) groups is 1. The highest BCUT2D eigenvalue weighted by Crippen LogP contribution is 2.47. The van der Waals surface area contributed by atoms with Crippen LogP contribution in [0.4, 0.5) is 4.39 Å². The molecule has 2 aliphatic rings. The van der Waals surface area contributed by atoms with Gasteiger partial charge in [0, 0.05) is 36.2 Å². The quantitative estimate of drug-likeness (QED) is 0.747. The summed E-state index contributed by atoms with van der Waals surface area (Å²) in [5.74, 6) is 0.0855. The van der Waals surface area contributed by atoms with Gasteiger partial charge in [0.2, 0.25) is 5.91 Å². The fourth-order valence-corrected chi connectivity index (χ4v) is 4.98. The zero-order valence-electron chi connectivity index (χ0n) is 15.8. The van der Waals surface area contributed by atoms with E-state index in [4.69, 9.17) is 11.6 Å². The molecule has 1 aliphatic heterocycles. The Morgan fingerprint density at radius 2 is 2.11 bits per heavy atom. The maximum absolute atomic E-state index is 15.5. The summed E-state index contributed by atoms with van der Waals surface area (Å²) in [6.45, 7) is 0. The molecule has 1 saturated carbocycles. The van der Waals surface area contributed by atoms with Gasteiger partial charge in [-0.2, -0.15) is 0 Å². The Morgan fingerprint density at radius 3 is 2.81 bits per heavy atom. The van der Waals surface area contributed by atoms with Gasteiger partial charge in [0.15, 0.2) is 0 Å². The number of imidazole rings is 1. The maximum atomic E-state index is 15.5. The third-order valence-electron chi connectivity index (χ3n) is 6.20. The molecule has 0 saturated heterocycles. The Balaban J connectivity index is 1.46. The largest absolute Gasteiger partial charge is 0.349 e. The average molecular weight is 390 g/mol. The number of hydrogen-bond acceptors (Lipinski definition) is 2. The van der Waals surface area contributed by atoms with Gasteiger partial charge in [0.1, 0.15) is 5.67 Å². The van der Waals surface area contributed by atoms with E-state index in [0.29, 0.717) is 38.5 Å². The average Bonchev–Trinajstić information content (AvgIpc) is 3.22. The Labute approximate surface area is 164 Å². The number of alkyl halides is 1. The molecule has 1 amide bonds. The standard InChI is InChI=1S/C21H25ClFN3O/c1-25(2)20(27)14-6-9-21(23,10-7-14)11-8-17-19-15(4-3-5-16(19)22)18-12-24-13-26(17)18/h3-5,12-14,17H,6-11H2,1-2H3/t14-,17-,21+/m0/s1. The number of nitrogens with zero attached hydrogens (tertiary/aromatic N) is 3. The summed E-state index contributed by atoms with van der Waals surface area (Å²) < 4.78 is 17.6. The second-order valence-corrected chi connectivity index (χ2v) is 8.51. The van der Waals surface area contributed by atoms with Crippen molar-refractivity contribution in [3.8, 4) is 11.3 Å². The smallest absolute Gasteiger partial charge is 0.225 e. The van der Waals surface area contributed by atoms with Gasteiger partial charge in [-0.05, 0) is 44.6 Å². The van der Waals surface area contributed by atoms with Crippen LogP contribution in [0.15, 0.2) is 30.7 Å². The molecule has 2 aromatic rings. The van der Waals surface area contributed by atoms with Crippen molar-refractivity contribution >= 4 is 17.5 Å². The third-order valence-corrected chi connectivity index (χ3v) is 6.53. The zero-order chi connectivity index (χ0) is 19.2. The Bertz CT molecular complexity index is 855. The van der Waals surface area contributed by atoms with E-state index in [1.807, 2.05) is 24.7 Å². The minimum absolute atomic E-state index is 0.0277. The summed E-state index contributed by atoms with van der Waals surface area (Å²) in [5, 5.41) is 0.731. The van der Waals surface area contributed by atoms with Crippen LogP contribution in [0.1, 0.15) is 50.1 Å². The van der Waals surface area contributed by atoms with Gasteiger partial charge in [-0.3, -0.25) is 4.79 Å². The molecule has 1 aliphatic carbocycles. The molecule has 144 valence electrons. The maximum Gasteiger partial charge on any atom is 0.225 e. The molecule has 1 aromatic carbocycles. The first-order chi connectivity index (χ1) is 12.9. The minimum atomic E-state index is -1.20. The molecular formula is C21H25ClFN3O. The molecule has 0 bridgehead atoms. The van der Waals surface area contributed by atoms with E-state index in [1.54, 1.807) is 19.0 Å². The number of fused-ring (bicyclic) bond motifs is 3. The van der Waals surface area contributed by atoms with Crippen molar-refractivity contribution in [2.75, 3.05) is 14.1 Å². The highest BCUT2D eigenvalue weighted by atomic mass is 35.5. The van der Waals surface area contributed by atoms with Crippen molar-refractivity contribution < 1.29 is 9.18 Å². The normalized spacial score (nSPS) is 26.5. The summed E-state index contributed by atoms with van der Waals surface area (Å²) in [7, 11) is 3.53. The number of carbonyl (C=O) groups excluding carboxylic acids is 1. The lowest BCUT2D eigenvalue weighted by molar-refractivity contribution is -0.135. The van der Waals surface area contributed by atoms with Crippen LogP contribution in [0.3, 0.4) is 0 Å². The van der Waals surface area contributed by atoms with Crippen LogP contribution in [0.2, 0.25) is 5.02 Å². The van der Waals surface area contributed by atoms with E-state index in [1.165, 1.54) is 0 Å². The van der Waals surface area contributed by atoms with Gasteiger partial charge in [-0.1, -0.05) is 23.7 Å². The molecule has 0 unspecified atom stereocenters. The number of aromatic nitrogens is 2. The molecule has 27 heavy (non-hydrogen) atoms. The lowest BCUT2D eigenvalue weighted by Crippen LogP contribution is -2.37. The first-order valence-corrected chi connectivity index (χ1v) is 9.98. The van der Waals surface area contributed by atoms with Gasteiger partial charge in [-0.25, -0.2) is 9.37 Å². The van der Waals surface area contributed by atoms with Crippen molar-refractivity contribution in [1.29, 1.82) is 0 Å². The van der Waals surface area contributed by atoms with Gasteiger partial charge in [0.25, 0.3) is 0 Å². The molecule has 0 spiro atoms. The lowest BCUT2D eigenvalue weighted by Gasteiger charge is -2.35. The van der Waals surface area contributed by atoms with Crippen LogP contribution in [0, 0.1) is 5.92 Å². The Hall–Kier alpha value is -1.88. The fourth-order valence-electron chi connectivity index (χ4n) is 4.68. The van der Waals surface area contributed by atoms with Crippen LogP contribution in [-0.4, -0.2) is 40.1 Å². The highest BCUT2D eigenvalue weighted by Gasteiger charge is 2.39. The number of rotatable bonds is 4. The van der Waals surface area contributed by atoms with Gasteiger partial charge < -0.3 is 9.47 Å². The highest BCUT2D eigenvalue weighted by molar-refractivity contribution is 6.32. The second kappa shape index (κ2) is 6.93. The zero-order valence-corrected chi connectivity index (χ0v) is 16.5. The molecule has 2 heterocycles. The first kappa shape index (κ1) is 18.5. The topological polar surface area (TPSA) is 38.1 Å². The summed E-state index contributed by atoms with van der Waals surface area (Å²) in [4.78, 5) is 18.0. The summed E-state index contributed by atoms with van der Waals surface area (Å²) >= 11 is 6.48. The van der Waals surface area contributed by atoms with Crippen molar-refractivity contribution in [2.45, 2.75) is 50.2 Å². The third kappa shape index (κ3) is 3.27. The SMILES string of the molecule is CN(C)C(=O)[C@H]1CC[C@](F)(CC[C@H]2c3c(Cl)cccc3-c3cncn32)CC1. The van der Waals surface area contributed by atoms with Crippen LogP contribution >= 0.6 is 11.6 Å². The van der Waals surface area contributed by atoms with E-state index in [0.717, 1.165) is 21.8 Å². The van der Waals surface area contributed by atoms with E-state index < -0.39 is 5.67 Å². The van der Waals surface area contributed by atoms with Gasteiger partial charge >= 0.3 is 0 Å². The molecule has 1 fully saturated rings. The monoisotopic (exact) mass is 389 g/mol. The van der Waals surface area contributed by atoms with E-state index in [2.05, 4.69) is 15.6 Å². The molecular weight excluding hydrogens is 365 g/mol. The van der Waals surface area contributed by atoms with Crippen molar-refractivity contribution in [3.63, 3.8) is 0 Å². The fraction of sp³-hybridized carbons (Fsp3) is 0.524. The van der Waals surface area contributed by atoms with Crippen molar-refractivity contribution in [3.05, 3.63) is 41.3 Å². The van der Waals surface area contributed by atoms with Gasteiger partial charge in [-0.15, -0.1) is 0 Å². The van der Waals surface area contributed by atoms with Gasteiger partial charge in [0.05, 0.1) is 24.3 Å².